The first-order chi connectivity index (χ1) is 10.0. The second-order valence-corrected chi connectivity index (χ2v) is 5.66. The highest BCUT2D eigenvalue weighted by atomic mass is 35.5. The zero-order valence-corrected chi connectivity index (χ0v) is 14.4. The molecule has 0 aliphatic heterocycles. The first-order valence-corrected chi connectivity index (χ1v) is 7.80. The third-order valence-electron chi connectivity index (χ3n) is 3.48. The molecule has 2 N–H and O–H groups in total. The van der Waals surface area contributed by atoms with Crippen molar-refractivity contribution in [3.05, 3.63) is 35.6 Å². The fraction of sp³-hybridized carbons (Fsp3) is 0.588. The molecule has 1 unspecified atom stereocenters. The summed E-state index contributed by atoms with van der Waals surface area (Å²) in [5.74, 6) is -0.118. The molecule has 3 nitrogen and oxygen atoms in total. The number of hydrogen-bond acceptors (Lipinski definition) is 2. The summed E-state index contributed by atoms with van der Waals surface area (Å²) >= 11 is 0. The molecule has 1 aromatic rings. The third-order valence-corrected chi connectivity index (χ3v) is 3.48. The number of carbonyl (C=O) groups is 1. The van der Waals surface area contributed by atoms with Crippen LogP contribution in [0, 0.1) is 5.82 Å². The molecule has 1 rings (SSSR count). The molecular formula is C17H28ClFN2O. The van der Waals surface area contributed by atoms with Gasteiger partial charge in [-0.2, -0.15) is 0 Å². The second kappa shape index (κ2) is 11.4. The quantitative estimate of drug-likeness (QED) is 0.698. The molecule has 0 saturated carbocycles. The molecule has 0 spiro atoms. The molecule has 0 fully saturated rings. The predicted octanol–water partition coefficient (Wildman–Crippen LogP) is 3.89. The van der Waals surface area contributed by atoms with E-state index in [1.807, 2.05) is 11.8 Å². The Balaban J connectivity index is 0.00000441. The highest BCUT2D eigenvalue weighted by molar-refractivity contribution is 5.85. The number of benzene rings is 1. The number of carbonyl (C=O) groups excluding carboxylic acids is 1. The van der Waals surface area contributed by atoms with Crippen LogP contribution < -0.4 is 5.73 Å². The predicted molar refractivity (Wildman–Crippen MR) is 91.5 cm³/mol. The Morgan fingerprint density at radius 3 is 2.45 bits per heavy atom. The van der Waals surface area contributed by atoms with E-state index in [0.717, 1.165) is 31.4 Å². The molecule has 0 saturated heterocycles. The van der Waals surface area contributed by atoms with Gasteiger partial charge in [0, 0.05) is 25.6 Å². The lowest BCUT2D eigenvalue weighted by atomic mass is 10.1. The maximum Gasteiger partial charge on any atom is 0.222 e. The van der Waals surface area contributed by atoms with Crippen molar-refractivity contribution in [3.63, 3.8) is 0 Å². The van der Waals surface area contributed by atoms with Gasteiger partial charge in [0.05, 0.1) is 0 Å². The van der Waals surface area contributed by atoms with Crippen molar-refractivity contribution in [3.8, 4) is 0 Å². The van der Waals surface area contributed by atoms with Crippen LogP contribution in [-0.2, 0) is 11.3 Å². The van der Waals surface area contributed by atoms with E-state index in [9.17, 15) is 9.18 Å². The molecule has 126 valence electrons. The van der Waals surface area contributed by atoms with Crippen LogP contribution in [0.15, 0.2) is 24.3 Å². The minimum absolute atomic E-state index is 0. The molecular weight excluding hydrogens is 303 g/mol. The summed E-state index contributed by atoms with van der Waals surface area (Å²) < 4.78 is 12.9. The molecule has 0 bridgehead atoms. The summed E-state index contributed by atoms with van der Waals surface area (Å²) in [7, 11) is 0. The van der Waals surface area contributed by atoms with Crippen molar-refractivity contribution >= 4 is 18.3 Å². The van der Waals surface area contributed by atoms with Gasteiger partial charge in [-0.05, 0) is 37.5 Å². The normalized spacial score (nSPS) is 11.6. The monoisotopic (exact) mass is 330 g/mol. The molecule has 22 heavy (non-hydrogen) atoms. The van der Waals surface area contributed by atoms with Crippen molar-refractivity contribution in [1.82, 2.24) is 4.90 Å². The topological polar surface area (TPSA) is 46.3 Å². The molecule has 0 aliphatic rings. The van der Waals surface area contributed by atoms with E-state index in [0.29, 0.717) is 19.4 Å². The number of rotatable bonds is 9. The molecule has 1 amide bonds. The summed E-state index contributed by atoms with van der Waals surface area (Å²) in [6, 6.07) is 6.39. The zero-order valence-electron chi connectivity index (χ0n) is 13.6. The van der Waals surface area contributed by atoms with Crippen LogP contribution in [0.1, 0.15) is 51.5 Å². The fourth-order valence-electron chi connectivity index (χ4n) is 2.16. The van der Waals surface area contributed by atoms with Crippen molar-refractivity contribution in [2.45, 2.75) is 58.5 Å². The minimum Gasteiger partial charge on any atom is -0.338 e. The van der Waals surface area contributed by atoms with E-state index in [2.05, 4.69) is 6.92 Å². The van der Waals surface area contributed by atoms with E-state index >= 15 is 0 Å². The number of nitrogens with two attached hydrogens (primary N) is 1. The van der Waals surface area contributed by atoms with Crippen molar-refractivity contribution in [2.24, 2.45) is 5.73 Å². The van der Waals surface area contributed by atoms with Gasteiger partial charge < -0.3 is 10.6 Å². The van der Waals surface area contributed by atoms with Gasteiger partial charge in [0.15, 0.2) is 0 Å². The van der Waals surface area contributed by atoms with Gasteiger partial charge in [-0.3, -0.25) is 4.79 Å². The third kappa shape index (κ3) is 8.35. The zero-order chi connectivity index (χ0) is 15.7. The van der Waals surface area contributed by atoms with Gasteiger partial charge in [-0.15, -0.1) is 12.4 Å². The highest BCUT2D eigenvalue weighted by Crippen LogP contribution is 2.11. The van der Waals surface area contributed by atoms with E-state index in [1.165, 1.54) is 12.1 Å². The Hall–Kier alpha value is -1.13. The van der Waals surface area contributed by atoms with Crippen LogP contribution in [-0.4, -0.2) is 23.4 Å². The Morgan fingerprint density at radius 2 is 1.91 bits per heavy atom. The standard InChI is InChI=1S/C17H27FN2O.ClH/c1-3-4-5-12-20(17(21)11-6-14(2)19)13-15-7-9-16(18)10-8-15;/h7-10,14H,3-6,11-13,19H2,1-2H3;1H. The lowest BCUT2D eigenvalue weighted by Crippen LogP contribution is -2.32. The summed E-state index contributed by atoms with van der Waals surface area (Å²) in [6.07, 6.45) is 4.41. The molecule has 0 aliphatic carbocycles. The summed E-state index contributed by atoms with van der Waals surface area (Å²) in [5.41, 5.74) is 6.68. The Kier molecular flexibility index (Phi) is 10.9. The highest BCUT2D eigenvalue weighted by Gasteiger charge is 2.14. The maximum absolute atomic E-state index is 12.9. The molecule has 0 heterocycles. The van der Waals surface area contributed by atoms with Crippen LogP contribution in [0.3, 0.4) is 0 Å². The van der Waals surface area contributed by atoms with E-state index in [-0.39, 0.29) is 30.2 Å². The van der Waals surface area contributed by atoms with Gasteiger partial charge >= 0.3 is 0 Å². The summed E-state index contributed by atoms with van der Waals surface area (Å²) in [4.78, 5) is 14.2. The lowest BCUT2D eigenvalue weighted by molar-refractivity contribution is -0.132. The largest absolute Gasteiger partial charge is 0.338 e. The molecule has 1 aromatic carbocycles. The lowest BCUT2D eigenvalue weighted by Gasteiger charge is -2.23. The Bertz CT molecular complexity index is 423. The van der Waals surface area contributed by atoms with Gasteiger partial charge in [0.2, 0.25) is 5.91 Å². The maximum atomic E-state index is 12.9. The van der Waals surface area contributed by atoms with Crippen molar-refractivity contribution in [1.29, 1.82) is 0 Å². The van der Waals surface area contributed by atoms with Crippen molar-refractivity contribution in [2.75, 3.05) is 6.54 Å². The first-order valence-electron chi connectivity index (χ1n) is 7.80. The fourth-order valence-corrected chi connectivity index (χ4v) is 2.16. The number of unbranched alkanes of at least 4 members (excludes halogenated alkanes) is 2. The molecule has 0 aromatic heterocycles. The van der Waals surface area contributed by atoms with E-state index in [1.54, 1.807) is 12.1 Å². The van der Waals surface area contributed by atoms with E-state index in [4.69, 9.17) is 5.73 Å². The average Bonchev–Trinajstić information content (AvgIpc) is 2.46. The van der Waals surface area contributed by atoms with Crippen LogP contribution in [0.2, 0.25) is 0 Å². The van der Waals surface area contributed by atoms with Gasteiger partial charge in [-0.1, -0.05) is 31.9 Å². The van der Waals surface area contributed by atoms with Crippen LogP contribution in [0.5, 0.6) is 0 Å². The van der Waals surface area contributed by atoms with Gasteiger partial charge in [0.1, 0.15) is 5.82 Å². The van der Waals surface area contributed by atoms with Gasteiger partial charge in [0.25, 0.3) is 0 Å². The smallest absolute Gasteiger partial charge is 0.222 e. The van der Waals surface area contributed by atoms with Gasteiger partial charge in [-0.25, -0.2) is 4.39 Å². The number of nitrogens with zero attached hydrogens (tertiary/aromatic N) is 1. The summed E-state index contributed by atoms with van der Waals surface area (Å²) in [5, 5.41) is 0. The molecule has 1 atom stereocenters. The van der Waals surface area contributed by atoms with Crippen LogP contribution >= 0.6 is 12.4 Å². The number of amides is 1. The summed E-state index contributed by atoms with van der Waals surface area (Å²) in [6.45, 7) is 5.35. The Labute approximate surface area is 139 Å². The minimum atomic E-state index is -0.250. The Morgan fingerprint density at radius 1 is 1.27 bits per heavy atom. The SMILES string of the molecule is CCCCCN(Cc1ccc(F)cc1)C(=O)CCC(C)N.Cl. The number of halogens is 2. The van der Waals surface area contributed by atoms with E-state index < -0.39 is 0 Å². The first kappa shape index (κ1) is 20.9. The van der Waals surface area contributed by atoms with Crippen LogP contribution in [0.25, 0.3) is 0 Å². The second-order valence-electron chi connectivity index (χ2n) is 5.66. The average molecular weight is 331 g/mol. The van der Waals surface area contributed by atoms with Crippen molar-refractivity contribution < 1.29 is 9.18 Å². The van der Waals surface area contributed by atoms with Crippen LogP contribution in [0.4, 0.5) is 4.39 Å². The molecule has 0 radical (unpaired) electrons. The molecule has 5 heteroatoms. The number of hydrogen-bond donors (Lipinski definition) is 1.